The van der Waals surface area contributed by atoms with Crippen molar-refractivity contribution in [3.8, 4) is 18.0 Å². The summed E-state index contributed by atoms with van der Waals surface area (Å²) in [5.74, 6) is 1.59. The van der Waals surface area contributed by atoms with Crippen LogP contribution in [0.2, 0.25) is 0 Å². The van der Waals surface area contributed by atoms with Gasteiger partial charge in [0.05, 0.1) is 11.6 Å². The first-order valence-corrected chi connectivity index (χ1v) is 8.40. The average Bonchev–Trinajstić information content (AvgIpc) is 2.66. The molecule has 3 rings (SSSR count). The molecule has 1 unspecified atom stereocenters. The molecule has 2 heterocycles. The summed E-state index contributed by atoms with van der Waals surface area (Å²) in [6, 6.07) is 8.58. The predicted molar refractivity (Wildman–Crippen MR) is 102 cm³/mol. The van der Waals surface area contributed by atoms with Crippen LogP contribution < -0.4 is 26.8 Å². The Labute approximate surface area is 160 Å². The second-order valence-electron chi connectivity index (χ2n) is 5.51. The number of nitrogens with zero attached hydrogens (tertiary/aromatic N) is 4. The summed E-state index contributed by atoms with van der Waals surface area (Å²) in [7, 11) is 0. The van der Waals surface area contributed by atoms with Crippen molar-refractivity contribution in [2.75, 3.05) is 29.3 Å². The van der Waals surface area contributed by atoms with Gasteiger partial charge < -0.3 is 21.5 Å². The van der Waals surface area contributed by atoms with Crippen LogP contribution >= 0.6 is 11.6 Å². The van der Waals surface area contributed by atoms with E-state index in [-0.39, 0.29) is 23.0 Å². The van der Waals surface area contributed by atoms with Crippen LogP contribution in [0.25, 0.3) is 0 Å². The molecule has 0 spiro atoms. The van der Waals surface area contributed by atoms with Crippen LogP contribution in [-0.4, -0.2) is 23.4 Å². The molecule has 0 saturated heterocycles. The van der Waals surface area contributed by atoms with Crippen molar-refractivity contribution >= 4 is 34.9 Å². The molecule has 2 aromatic rings. The van der Waals surface area contributed by atoms with Gasteiger partial charge in [0, 0.05) is 5.56 Å². The summed E-state index contributed by atoms with van der Waals surface area (Å²) >= 11 is 5.62. The molecular formula is C17H15ClN8O. The number of alkyl halides is 1. The number of aromatic nitrogens is 1. The summed E-state index contributed by atoms with van der Waals surface area (Å²) in [6.07, 6.45) is 1.81. The van der Waals surface area contributed by atoms with Gasteiger partial charge in [0.25, 0.3) is 0 Å². The second-order valence-corrected chi connectivity index (χ2v) is 5.89. The van der Waals surface area contributed by atoms with Crippen molar-refractivity contribution in [1.82, 2.24) is 10.3 Å². The average molecular weight is 383 g/mol. The number of halogens is 1. The van der Waals surface area contributed by atoms with E-state index in [4.69, 9.17) is 33.1 Å². The second kappa shape index (κ2) is 7.68. The van der Waals surface area contributed by atoms with E-state index in [2.05, 4.69) is 20.6 Å². The van der Waals surface area contributed by atoms with Gasteiger partial charge in [-0.15, -0.1) is 11.6 Å². The lowest BCUT2D eigenvalue weighted by molar-refractivity contribution is 0.342. The van der Waals surface area contributed by atoms with Gasteiger partial charge in [-0.05, 0) is 17.7 Å². The predicted octanol–water partition coefficient (Wildman–Crippen LogP) is 1.68. The fourth-order valence-electron chi connectivity index (χ4n) is 2.72. The maximum atomic E-state index is 9.32. The Hall–Kier alpha value is -3.69. The molecule has 0 radical (unpaired) electrons. The minimum absolute atomic E-state index is 0.00281. The van der Waals surface area contributed by atoms with Gasteiger partial charge in [-0.1, -0.05) is 12.1 Å². The van der Waals surface area contributed by atoms with E-state index in [0.29, 0.717) is 29.6 Å². The smallest absolute Gasteiger partial charge is 0.211 e. The first-order valence-electron chi connectivity index (χ1n) is 7.86. The van der Waals surface area contributed by atoms with Crippen LogP contribution in [0, 0.1) is 22.8 Å². The number of hydrogen-bond acceptors (Lipinski definition) is 9. The summed E-state index contributed by atoms with van der Waals surface area (Å²) in [5.41, 5.74) is 13.6. The molecule has 1 atom stereocenters. The third kappa shape index (κ3) is 3.50. The maximum absolute atomic E-state index is 9.32. The highest BCUT2D eigenvalue weighted by Gasteiger charge is 2.29. The zero-order chi connectivity index (χ0) is 19.4. The summed E-state index contributed by atoms with van der Waals surface area (Å²) in [5, 5.41) is 23.6. The van der Waals surface area contributed by atoms with E-state index >= 15 is 0 Å². The number of nitriles is 2. The van der Waals surface area contributed by atoms with Crippen LogP contribution in [0.15, 0.2) is 29.3 Å². The Morgan fingerprint density at radius 1 is 1.26 bits per heavy atom. The largest absolute Gasteiger partial charge is 0.492 e. The lowest BCUT2D eigenvalue weighted by Crippen LogP contribution is -2.32. The van der Waals surface area contributed by atoms with Crippen LogP contribution in [0.3, 0.4) is 0 Å². The van der Waals surface area contributed by atoms with Crippen LogP contribution in [0.1, 0.15) is 22.7 Å². The molecule has 0 aliphatic carbocycles. The highest BCUT2D eigenvalue weighted by molar-refractivity contribution is 6.18. The molecule has 1 aromatic carbocycles. The quantitative estimate of drug-likeness (QED) is 0.353. The van der Waals surface area contributed by atoms with Crippen molar-refractivity contribution < 1.29 is 4.74 Å². The first kappa shape index (κ1) is 18.1. The third-order valence-corrected chi connectivity index (χ3v) is 4.05. The molecule has 0 bridgehead atoms. The van der Waals surface area contributed by atoms with Gasteiger partial charge in [0.2, 0.25) is 5.96 Å². The molecule has 0 saturated carbocycles. The molecule has 0 amide bonds. The van der Waals surface area contributed by atoms with E-state index in [1.165, 1.54) is 0 Å². The number of aliphatic imine (C=N–C) groups is 1. The number of rotatable bonds is 4. The van der Waals surface area contributed by atoms with E-state index < -0.39 is 6.04 Å². The number of hydrogen-bond donors (Lipinski definition) is 4. The maximum Gasteiger partial charge on any atom is 0.211 e. The molecule has 136 valence electrons. The molecule has 9 nitrogen and oxygen atoms in total. The number of fused-ring (bicyclic) bond motifs is 1. The van der Waals surface area contributed by atoms with Crippen molar-refractivity contribution in [3.63, 3.8) is 0 Å². The SMILES string of the molecule is N#CNC1=NC(c2ccc(OCCCl)cc2)c2c(nc(N)c(C#N)c2N)N1. The Kier molecular flexibility index (Phi) is 5.15. The van der Waals surface area contributed by atoms with Crippen LogP contribution in [-0.2, 0) is 0 Å². The standard InChI is InChI=1S/C17H15ClN8O/c18-5-6-27-10-3-1-9(2-4-10)14-12-13(21)11(7-19)15(22)25-16(12)26-17(24-14)23-8-20/h1-4,14H,5-6H2,(H6,21,22,23,24,25,26). The lowest BCUT2D eigenvalue weighted by atomic mass is 9.95. The van der Waals surface area contributed by atoms with Crippen LogP contribution in [0.4, 0.5) is 17.3 Å². The fraction of sp³-hybridized carbons (Fsp3) is 0.176. The fourth-order valence-corrected chi connectivity index (χ4v) is 2.80. The molecule has 1 aromatic heterocycles. The summed E-state index contributed by atoms with van der Waals surface area (Å²) in [6.45, 7) is 0.396. The van der Waals surface area contributed by atoms with Crippen molar-refractivity contribution in [1.29, 1.82) is 10.5 Å². The molecule has 6 N–H and O–H groups in total. The van der Waals surface area contributed by atoms with Crippen molar-refractivity contribution in [2.24, 2.45) is 4.99 Å². The number of guanidine groups is 1. The molecular weight excluding hydrogens is 368 g/mol. The van der Waals surface area contributed by atoms with Gasteiger partial charge in [-0.25, -0.2) is 9.98 Å². The Morgan fingerprint density at radius 2 is 2.00 bits per heavy atom. The zero-order valence-corrected chi connectivity index (χ0v) is 14.8. The highest BCUT2D eigenvalue weighted by atomic mass is 35.5. The molecule has 10 heteroatoms. The minimum atomic E-state index is -0.584. The van der Waals surface area contributed by atoms with E-state index in [1.807, 2.05) is 18.2 Å². The van der Waals surface area contributed by atoms with E-state index in [0.717, 1.165) is 5.56 Å². The number of nitrogens with two attached hydrogens (primary N) is 2. The molecule has 0 fully saturated rings. The number of nitrogens with one attached hydrogen (secondary N) is 2. The van der Waals surface area contributed by atoms with Gasteiger partial charge in [-0.3, -0.25) is 5.32 Å². The van der Waals surface area contributed by atoms with Crippen LogP contribution in [0.5, 0.6) is 5.75 Å². The monoisotopic (exact) mass is 382 g/mol. The first-order chi connectivity index (χ1) is 13.1. The summed E-state index contributed by atoms with van der Waals surface area (Å²) in [4.78, 5) is 8.69. The molecule has 1 aliphatic rings. The van der Waals surface area contributed by atoms with Gasteiger partial charge in [0.15, 0.2) is 6.19 Å². The van der Waals surface area contributed by atoms with Crippen molar-refractivity contribution in [2.45, 2.75) is 6.04 Å². The van der Waals surface area contributed by atoms with Gasteiger partial charge >= 0.3 is 0 Å². The summed E-state index contributed by atoms with van der Waals surface area (Å²) < 4.78 is 5.47. The Morgan fingerprint density at radius 3 is 2.63 bits per heavy atom. The number of pyridine rings is 1. The van der Waals surface area contributed by atoms with Crippen molar-refractivity contribution in [3.05, 3.63) is 41.0 Å². The Balaban J connectivity index is 2.09. The zero-order valence-electron chi connectivity index (χ0n) is 14.0. The van der Waals surface area contributed by atoms with Gasteiger partial charge in [0.1, 0.15) is 41.7 Å². The number of benzene rings is 1. The topological polar surface area (TPSA) is 158 Å². The number of anilines is 3. The van der Waals surface area contributed by atoms with Gasteiger partial charge in [-0.2, -0.15) is 10.5 Å². The minimum Gasteiger partial charge on any atom is -0.492 e. The molecule has 1 aliphatic heterocycles. The highest BCUT2D eigenvalue weighted by Crippen LogP contribution is 2.40. The third-order valence-electron chi connectivity index (χ3n) is 3.90. The van der Waals surface area contributed by atoms with E-state index in [9.17, 15) is 5.26 Å². The number of nitrogen functional groups attached to an aromatic ring is 2. The van der Waals surface area contributed by atoms with E-state index in [1.54, 1.807) is 18.3 Å². The number of ether oxygens (including phenoxy) is 1. The molecule has 27 heavy (non-hydrogen) atoms. The Bertz CT molecular complexity index is 974. The normalized spacial score (nSPS) is 14.8. The lowest BCUT2D eigenvalue weighted by Gasteiger charge is -2.26.